The first-order valence-corrected chi connectivity index (χ1v) is 9.61. The maximum absolute atomic E-state index is 12.6. The summed E-state index contributed by atoms with van der Waals surface area (Å²) in [5, 5.41) is 12.2. The molecule has 8 heteroatoms. The molecule has 0 atom stereocenters. The summed E-state index contributed by atoms with van der Waals surface area (Å²) >= 11 is 0. The Balaban J connectivity index is 2.04. The highest BCUT2D eigenvalue weighted by Crippen LogP contribution is 2.39. The molecule has 1 amide bonds. The predicted molar refractivity (Wildman–Crippen MR) is 112 cm³/mol. The van der Waals surface area contributed by atoms with E-state index in [-0.39, 0.29) is 11.8 Å². The van der Waals surface area contributed by atoms with Crippen LogP contribution >= 0.6 is 0 Å². The van der Waals surface area contributed by atoms with Crippen molar-refractivity contribution in [1.29, 1.82) is 0 Å². The van der Waals surface area contributed by atoms with Crippen LogP contribution < -0.4 is 0 Å². The summed E-state index contributed by atoms with van der Waals surface area (Å²) in [7, 11) is 1.88. The highest BCUT2D eigenvalue weighted by Gasteiger charge is 2.37. The molecule has 0 fully saturated rings. The van der Waals surface area contributed by atoms with Gasteiger partial charge in [0.2, 0.25) is 0 Å². The Kier molecular flexibility index (Phi) is 4.93. The zero-order valence-electron chi connectivity index (χ0n) is 18.1. The van der Waals surface area contributed by atoms with Crippen molar-refractivity contribution >= 4 is 28.4 Å². The molecule has 0 unspecified atom stereocenters. The number of carbonyl (C=O) groups is 1. The van der Waals surface area contributed by atoms with Crippen LogP contribution in [0.5, 0.6) is 0 Å². The van der Waals surface area contributed by atoms with Crippen LogP contribution in [0.2, 0.25) is 0 Å². The first-order chi connectivity index (χ1) is 13.3. The van der Waals surface area contributed by atoms with Crippen LogP contribution in [0.3, 0.4) is 0 Å². The van der Waals surface area contributed by atoms with Crippen LogP contribution in [0.4, 0.5) is 10.5 Å². The second-order valence-corrected chi connectivity index (χ2v) is 9.19. The zero-order valence-corrected chi connectivity index (χ0v) is 18.1. The molecule has 2 aromatic rings. The van der Waals surface area contributed by atoms with Crippen LogP contribution in [-0.4, -0.2) is 43.2 Å². The van der Waals surface area contributed by atoms with Gasteiger partial charge in [-0.25, -0.2) is 9.78 Å². The minimum Gasteiger partial charge on any atom is -0.444 e. The van der Waals surface area contributed by atoms with Gasteiger partial charge in [-0.1, -0.05) is 6.08 Å². The lowest BCUT2D eigenvalue weighted by Crippen LogP contribution is -2.51. The Morgan fingerprint density at radius 1 is 1.34 bits per heavy atom. The van der Waals surface area contributed by atoms with Crippen LogP contribution in [0, 0.1) is 17.0 Å². The Hall–Kier alpha value is -2.90. The van der Waals surface area contributed by atoms with Gasteiger partial charge in [0, 0.05) is 41.8 Å². The molecule has 8 nitrogen and oxygen atoms in total. The van der Waals surface area contributed by atoms with E-state index in [1.54, 1.807) is 11.8 Å². The van der Waals surface area contributed by atoms with Crippen LogP contribution in [0.15, 0.2) is 18.5 Å². The van der Waals surface area contributed by atoms with Gasteiger partial charge in [-0.05, 0) is 53.5 Å². The maximum atomic E-state index is 12.6. The first kappa shape index (κ1) is 20.8. The van der Waals surface area contributed by atoms with Gasteiger partial charge in [0.25, 0.3) is 5.69 Å². The number of fused-ring (bicyclic) bond motifs is 1. The second kappa shape index (κ2) is 6.86. The molecular weight excluding hydrogens is 372 g/mol. The van der Waals surface area contributed by atoms with Crippen LogP contribution in [0.25, 0.3) is 16.6 Å². The van der Waals surface area contributed by atoms with Gasteiger partial charge in [-0.15, -0.1) is 0 Å². The lowest BCUT2D eigenvalue weighted by molar-refractivity contribution is -0.385. The van der Waals surface area contributed by atoms with Crippen molar-refractivity contribution in [2.75, 3.05) is 6.54 Å². The molecule has 0 spiro atoms. The van der Waals surface area contributed by atoms with Crippen molar-refractivity contribution < 1.29 is 14.5 Å². The Bertz CT molecular complexity index is 1030. The molecule has 2 aromatic heterocycles. The molecule has 0 aliphatic carbocycles. The molecule has 3 rings (SSSR count). The van der Waals surface area contributed by atoms with E-state index < -0.39 is 16.1 Å². The summed E-state index contributed by atoms with van der Waals surface area (Å²) in [6.45, 7) is 11.7. The third kappa shape index (κ3) is 3.83. The standard InChI is InChI=1S/C21H28N4O4/c1-13-16(25(27)28)11-22-18-17(13)15(12-23(18)7)14-8-9-24(21(5,6)10-14)19(26)29-20(2,3)4/h8,11-12H,9-10H2,1-7H3. The third-order valence-electron chi connectivity index (χ3n) is 5.25. The Morgan fingerprint density at radius 3 is 2.55 bits per heavy atom. The predicted octanol–water partition coefficient (Wildman–Crippen LogP) is 4.59. The molecule has 0 radical (unpaired) electrons. The van der Waals surface area contributed by atoms with E-state index in [0.717, 1.165) is 16.5 Å². The van der Waals surface area contributed by atoms with Gasteiger partial charge in [0.1, 0.15) is 17.4 Å². The number of nitrogens with zero attached hydrogens (tertiary/aromatic N) is 4. The maximum Gasteiger partial charge on any atom is 0.411 e. The molecule has 29 heavy (non-hydrogen) atoms. The monoisotopic (exact) mass is 400 g/mol. The van der Waals surface area contributed by atoms with Gasteiger partial charge >= 0.3 is 6.09 Å². The molecule has 1 aliphatic rings. The summed E-state index contributed by atoms with van der Waals surface area (Å²) < 4.78 is 7.44. The van der Waals surface area contributed by atoms with Gasteiger partial charge < -0.3 is 9.30 Å². The van der Waals surface area contributed by atoms with Crippen LogP contribution in [0.1, 0.15) is 52.2 Å². The number of pyridine rings is 1. The van der Waals surface area contributed by atoms with E-state index in [9.17, 15) is 14.9 Å². The SMILES string of the molecule is Cc1c([N+](=O)[O-])cnc2c1c(C1=CCN(C(=O)OC(C)(C)C)C(C)(C)C1)cn2C. The number of amides is 1. The number of hydrogen-bond acceptors (Lipinski definition) is 5. The van der Waals surface area contributed by atoms with Gasteiger partial charge in [0.15, 0.2) is 0 Å². The highest BCUT2D eigenvalue weighted by molar-refractivity contribution is 5.95. The molecule has 0 N–H and O–H groups in total. The average molecular weight is 400 g/mol. The molecule has 0 saturated heterocycles. The van der Waals surface area contributed by atoms with Crippen molar-refractivity contribution in [2.24, 2.45) is 7.05 Å². The summed E-state index contributed by atoms with van der Waals surface area (Å²) in [4.78, 5) is 29.7. The molecule has 3 heterocycles. The smallest absolute Gasteiger partial charge is 0.411 e. The largest absolute Gasteiger partial charge is 0.444 e. The number of rotatable bonds is 2. The number of aryl methyl sites for hydroxylation is 2. The zero-order chi connectivity index (χ0) is 21.7. The topological polar surface area (TPSA) is 90.5 Å². The third-order valence-corrected chi connectivity index (χ3v) is 5.25. The van der Waals surface area contributed by atoms with Crippen molar-refractivity contribution in [3.63, 3.8) is 0 Å². The quantitative estimate of drug-likeness (QED) is 0.543. The fraction of sp³-hybridized carbons (Fsp3) is 0.524. The first-order valence-electron chi connectivity index (χ1n) is 9.61. The van der Waals surface area contributed by atoms with E-state index >= 15 is 0 Å². The van der Waals surface area contributed by atoms with E-state index in [4.69, 9.17) is 4.74 Å². The van der Waals surface area contributed by atoms with E-state index in [1.807, 2.05) is 58.5 Å². The van der Waals surface area contributed by atoms with Crippen molar-refractivity contribution in [3.8, 4) is 0 Å². The summed E-state index contributed by atoms with van der Waals surface area (Å²) in [6.07, 6.45) is 5.53. The van der Waals surface area contributed by atoms with Crippen molar-refractivity contribution in [1.82, 2.24) is 14.5 Å². The van der Waals surface area contributed by atoms with E-state index in [2.05, 4.69) is 4.98 Å². The number of aromatic nitrogens is 2. The van der Waals surface area contributed by atoms with Gasteiger partial charge in [0.05, 0.1) is 4.92 Å². The molecule has 1 aliphatic heterocycles. The molecular formula is C21H28N4O4. The molecule has 0 aromatic carbocycles. The summed E-state index contributed by atoms with van der Waals surface area (Å²) in [5.41, 5.74) is 2.26. The summed E-state index contributed by atoms with van der Waals surface area (Å²) in [6, 6.07) is 0. The highest BCUT2D eigenvalue weighted by atomic mass is 16.6. The minimum atomic E-state index is -0.561. The molecule has 0 bridgehead atoms. The van der Waals surface area contributed by atoms with Gasteiger partial charge in [-0.2, -0.15) is 0 Å². The fourth-order valence-electron chi connectivity index (χ4n) is 3.84. The number of hydrogen-bond donors (Lipinski definition) is 0. The summed E-state index contributed by atoms with van der Waals surface area (Å²) in [5.74, 6) is 0. The molecule has 0 saturated carbocycles. The fourth-order valence-corrected chi connectivity index (χ4v) is 3.84. The number of carbonyl (C=O) groups excluding carboxylic acids is 1. The minimum absolute atomic E-state index is 0.0102. The van der Waals surface area contributed by atoms with E-state index in [0.29, 0.717) is 24.2 Å². The second-order valence-electron chi connectivity index (χ2n) is 9.19. The lowest BCUT2D eigenvalue weighted by atomic mass is 9.85. The van der Waals surface area contributed by atoms with Crippen molar-refractivity contribution in [3.05, 3.63) is 39.7 Å². The lowest BCUT2D eigenvalue weighted by Gasteiger charge is -2.42. The Morgan fingerprint density at radius 2 is 2.00 bits per heavy atom. The van der Waals surface area contributed by atoms with Gasteiger partial charge in [-0.3, -0.25) is 15.0 Å². The van der Waals surface area contributed by atoms with Crippen molar-refractivity contribution in [2.45, 2.75) is 59.1 Å². The normalized spacial score (nSPS) is 16.7. The van der Waals surface area contributed by atoms with Crippen LogP contribution in [-0.2, 0) is 11.8 Å². The number of nitro groups is 1. The number of ether oxygens (including phenoxy) is 1. The van der Waals surface area contributed by atoms with E-state index in [1.165, 1.54) is 6.20 Å². The molecule has 156 valence electrons. The Labute approximate surface area is 170 Å². The average Bonchev–Trinajstić information content (AvgIpc) is 2.90.